The highest BCUT2D eigenvalue weighted by molar-refractivity contribution is 5.95. The van der Waals surface area contributed by atoms with E-state index in [4.69, 9.17) is 5.73 Å². The molecule has 0 fully saturated rings. The second-order valence-electron chi connectivity index (χ2n) is 3.79. The van der Waals surface area contributed by atoms with Crippen molar-refractivity contribution in [1.29, 1.82) is 0 Å². The molecule has 0 saturated carbocycles. The summed E-state index contributed by atoms with van der Waals surface area (Å²) in [6, 6.07) is 9.86. The molecule has 1 aromatic carbocycles. The first kappa shape index (κ1) is 10.5. The van der Waals surface area contributed by atoms with E-state index in [1.807, 2.05) is 49.5 Å². The van der Waals surface area contributed by atoms with Crippen molar-refractivity contribution in [2.24, 2.45) is 5.73 Å². The van der Waals surface area contributed by atoms with Crippen LogP contribution in [0.15, 0.2) is 53.9 Å². The minimum Gasteiger partial charge on any atom is -0.366 e. The van der Waals surface area contributed by atoms with Gasteiger partial charge >= 0.3 is 0 Å². The molecule has 1 atom stereocenters. The van der Waals surface area contributed by atoms with Gasteiger partial charge in [-0.05, 0) is 18.7 Å². The van der Waals surface area contributed by atoms with Crippen molar-refractivity contribution in [3.8, 4) is 0 Å². The SMILES string of the molecule is CC1=C(C(N)=O)C(c2ccccc2)C=CN1. The summed E-state index contributed by atoms with van der Waals surface area (Å²) in [4.78, 5) is 11.4. The monoisotopic (exact) mass is 214 g/mol. The summed E-state index contributed by atoms with van der Waals surface area (Å²) < 4.78 is 0. The van der Waals surface area contributed by atoms with Gasteiger partial charge in [-0.25, -0.2) is 0 Å². The number of benzene rings is 1. The lowest BCUT2D eigenvalue weighted by molar-refractivity contribution is -0.114. The van der Waals surface area contributed by atoms with Crippen molar-refractivity contribution in [1.82, 2.24) is 5.32 Å². The average molecular weight is 214 g/mol. The van der Waals surface area contributed by atoms with E-state index in [-0.39, 0.29) is 11.8 Å². The minimum absolute atomic E-state index is 0.0417. The number of rotatable bonds is 2. The van der Waals surface area contributed by atoms with Crippen LogP contribution < -0.4 is 11.1 Å². The molecule has 16 heavy (non-hydrogen) atoms. The molecule has 3 nitrogen and oxygen atoms in total. The fourth-order valence-corrected chi connectivity index (χ4v) is 1.95. The van der Waals surface area contributed by atoms with Crippen molar-refractivity contribution in [3.05, 3.63) is 59.4 Å². The number of hydrogen-bond acceptors (Lipinski definition) is 2. The number of carbonyl (C=O) groups excluding carboxylic acids is 1. The summed E-state index contributed by atoms with van der Waals surface area (Å²) in [6.07, 6.45) is 3.79. The number of primary amides is 1. The fourth-order valence-electron chi connectivity index (χ4n) is 1.95. The van der Waals surface area contributed by atoms with E-state index in [1.165, 1.54) is 0 Å². The van der Waals surface area contributed by atoms with Crippen LogP contribution >= 0.6 is 0 Å². The molecule has 3 N–H and O–H groups in total. The van der Waals surface area contributed by atoms with Crippen LogP contribution in [0, 0.1) is 0 Å². The van der Waals surface area contributed by atoms with Gasteiger partial charge in [-0.15, -0.1) is 0 Å². The number of hydrogen-bond donors (Lipinski definition) is 2. The largest absolute Gasteiger partial charge is 0.366 e. The Labute approximate surface area is 94.7 Å². The van der Waals surface area contributed by atoms with E-state index < -0.39 is 0 Å². The van der Waals surface area contributed by atoms with Crippen LogP contribution in [0.1, 0.15) is 18.4 Å². The van der Waals surface area contributed by atoms with E-state index in [0.29, 0.717) is 5.57 Å². The molecule has 1 aliphatic rings. The summed E-state index contributed by atoms with van der Waals surface area (Å²) in [5, 5.41) is 3.01. The molecule has 3 heteroatoms. The van der Waals surface area contributed by atoms with Gasteiger partial charge in [0.2, 0.25) is 5.91 Å². The number of dihydropyridines is 1. The molecular weight excluding hydrogens is 200 g/mol. The first-order valence-corrected chi connectivity index (χ1v) is 5.19. The van der Waals surface area contributed by atoms with E-state index in [0.717, 1.165) is 11.3 Å². The highest BCUT2D eigenvalue weighted by Crippen LogP contribution is 2.29. The zero-order valence-electron chi connectivity index (χ0n) is 9.10. The molecule has 2 rings (SSSR count). The number of carbonyl (C=O) groups is 1. The van der Waals surface area contributed by atoms with E-state index >= 15 is 0 Å². The summed E-state index contributed by atoms with van der Waals surface area (Å²) in [5.41, 5.74) is 7.95. The third-order valence-electron chi connectivity index (χ3n) is 2.73. The Morgan fingerprint density at radius 2 is 2.00 bits per heavy atom. The summed E-state index contributed by atoms with van der Waals surface area (Å²) in [7, 11) is 0. The predicted molar refractivity (Wildman–Crippen MR) is 63.4 cm³/mol. The van der Waals surface area contributed by atoms with Crippen molar-refractivity contribution in [2.45, 2.75) is 12.8 Å². The van der Waals surface area contributed by atoms with E-state index in [9.17, 15) is 4.79 Å². The molecule has 0 saturated heterocycles. The van der Waals surface area contributed by atoms with Gasteiger partial charge in [0.05, 0.1) is 0 Å². The molecule has 1 amide bonds. The van der Waals surface area contributed by atoms with Gasteiger partial charge in [0.25, 0.3) is 0 Å². The van der Waals surface area contributed by atoms with Crippen molar-refractivity contribution in [3.63, 3.8) is 0 Å². The van der Waals surface area contributed by atoms with Gasteiger partial charge in [0.1, 0.15) is 0 Å². The first-order valence-electron chi connectivity index (χ1n) is 5.19. The topological polar surface area (TPSA) is 55.1 Å². The van der Waals surface area contributed by atoms with Gasteiger partial charge in [-0.3, -0.25) is 4.79 Å². The lowest BCUT2D eigenvalue weighted by Crippen LogP contribution is -2.26. The Balaban J connectivity index is 2.44. The average Bonchev–Trinajstić information content (AvgIpc) is 2.29. The van der Waals surface area contributed by atoms with Gasteiger partial charge in [-0.1, -0.05) is 36.4 Å². The molecule has 1 aliphatic heterocycles. The van der Waals surface area contributed by atoms with Gasteiger partial charge in [-0.2, -0.15) is 0 Å². The van der Waals surface area contributed by atoms with Crippen LogP contribution in [-0.4, -0.2) is 5.91 Å². The van der Waals surface area contributed by atoms with E-state index in [1.54, 1.807) is 0 Å². The van der Waals surface area contributed by atoms with Crippen LogP contribution in [-0.2, 0) is 4.79 Å². The van der Waals surface area contributed by atoms with Gasteiger partial charge < -0.3 is 11.1 Å². The Bertz CT molecular complexity index is 460. The lowest BCUT2D eigenvalue weighted by atomic mass is 9.88. The summed E-state index contributed by atoms with van der Waals surface area (Å²) in [6.45, 7) is 1.86. The quantitative estimate of drug-likeness (QED) is 0.786. The Morgan fingerprint density at radius 3 is 2.62 bits per heavy atom. The van der Waals surface area contributed by atoms with E-state index in [2.05, 4.69) is 5.32 Å². The first-order chi connectivity index (χ1) is 7.70. The lowest BCUT2D eigenvalue weighted by Gasteiger charge is -2.22. The zero-order chi connectivity index (χ0) is 11.5. The van der Waals surface area contributed by atoms with Crippen molar-refractivity contribution < 1.29 is 4.79 Å². The highest BCUT2D eigenvalue weighted by atomic mass is 16.1. The standard InChI is InChI=1S/C13H14N2O/c1-9-12(13(14)16)11(7-8-15-9)10-5-3-2-4-6-10/h2-8,11,15H,1H3,(H2,14,16). The molecule has 0 spiro atoms. The van der Waals surface area contributed by atoms with Crippen LogP contribution in [0.25, 0.3) is 0 Å². The van der Waals surface area contributed by atoms with Crippen LogP contribution in [0.3, 0.4) is 0 Å². The molecule has 82 valence electrons. The minimum atomic E-state index is -0.372. The maximum absolute atomic E-state index is 11.4. The molecule has 0 aromatic heterocycles. The molecule has 0 bridgehead atoms. The predicted octanol–water partition coefficient (Wildman–Crippen LogP) is 1.65. The molecule has 0 radical (unpaired) electrons. The molecule has 1 heterocycles. The third kappa shape index (κ3) is 1.84. The maximum atomic E-state index is 11.4. The summed E-state index contributed by atoms with van der Waals surface area (Å²) >= 11 is 0. The van der Waals surface area contributed by atoms with Gasteiger partial charge in [0.15, 0.2) is 0 Å². The highest BCUT2D eigenvalue weighted by Gasteiger charge is 2.23. The summed E-state index contributed by atoms with van der Waals surface area (Å²) in [5.74, 6) is -0.414. The Hall–Kier alpha value is -2.03. The molecule has 0 aliphatic carbocycles. The van der Waals surface area contributed by atoms with Crippen LogP contribution in [0.4, 0.5) is 0 Å². The van der Waals surface area contributed by atoms with Crippen LogP contribution in [0.5, 0.6) is 0 Å². The molecule has 1 unspecified atom stereocenters. The Morgan fingerprint density at radius 1 is 1.31 bits per heavy atom. The van der Waals surface area contributed by atoms with Crippen molar-refractivity contribution in [2.75, 3.05) is 0 Å². The maximum Gasteiger partial charge on any atom is 0.247 e. The smallest absolute Gasteiger partial charge is 0.247 e. The second kappa shape index (κ2) is 4.23. The second-order valence-corrected chi connectivity index (χ2v) is 3.79. The van der Waals surface area contributed by atoms with Crippen LogP contribution in [0.2, 0.25) is 0 Å². The number of amides is 1. The normalized spacial score (nSPS) is 19.4. The third-order valence-corrected chi connectivity index (χ3v) is 2.73. The Kier molecular flexibility index (Phi) is 2.77. The number of allylic oxidation sites excluding steroid dienone is 2. The number of nitrogens with two attached hydrogens (primary N) is 1. The fraction of sp³-hybridized carbons (Fsp3) is 0.154. The molecular formula is C13H14N2O. The molecule has 1 aromatic rings. The number of nitrogens with one attached hydrogen (secondary N) is 1. The van der Waals surface area contributed by atoms with Crippen molar-refractivity contribution >= 4 is 5.91 Å². The zero-order valence-corrected chi connectivity index (χ0v) is 9.10. The van der Waals surface area contributed by atoms with Gasteiger partial charge in [0, 0.05) is 17.2 Å².